The number of halogens is 1. The fraction of sp³-hybridized carbons (Fsp3) is 0.261. The standard InChI is InChI=1S/C23H22FN5O2/c1-30-20-12-16(15-7-10-31-11-8-15)5-6-18(20)27-23-26-13-17(24)22(28-23)19-14-25-21-4-2-3-9-29(19)21/h2-6,9,12-15H,7-8,10-11H2,1H3,(H,26,27,28). The average Bonchev–Trinajstić information content (AvgIpc) is 3.25. The number of aromatic nitrogens is 4. The van der Waals surface area contributed by atoms with Gasteiger partial charge in [-0.2, -0.15) is 0 Å². The van der Waals surface area contributed by atoms with E-state index in [2.05, 4.69) is 26.3 Å². The van der Waals surface area contributed by atoms with E-state index in [1.165, 1.54) is 5.56 Å². The van der Waals surface area contributed by atoms with Crippen LogP contribution in [-0.2, 0) is 4.74 Å². The molecule has 0 atom stereocenters. The fourth-order valence-corrected chi connectivity index (χ4v) is 3.93. The third-order valence-corrected chi connectivity index (χ3v) is 5.57. The number of imidazole rings is 1. The molecular formula is C23H22FN5O2. The van der Waals surface area contributed by atoms with E-state index >= 15 is 0 Å². The molecule has 0 unspecified atom stereocenters. The van der Waals surface area contributed by atoms with Gasteiger partial charge in [0, 0.05) is 19.4 Å². The summed E-state index contributed by atoms with van der Waals surface area (Å²) < 4.78 is 27.4. The summed E-state index contributed by atoms with van der Waals surface area (Å²) in [6.45, 7) is 1.56. The Balaban J connectivity index is 1.46. The number of pyridine rings is 1. The van der Waals surface area contributed by atoms with Crippen molar-refractivity contribution in [1.82, 2.24) is 19.4 Å². The number of anilines is 2. The van der Waals surface area contributed by atoms with Gasteiger partial charge in [0.2, 0.25) is 5.95 Å². The van der Waals surface area contributed by atoms with Crippen molar-refractivity contribution in [2.24, 2.45) is 0 Å². The van der Waals surface area contributed by atoms with E-state index in [4.69, 9.17) is 9.47 Å². The van der Waals surface area contributed by atoms with Crippen LogP contribution in [0.25, 0.3) is 17.0 Å². The van der Waals surface area contributed by atoms with Gasteiger partial charge in [-0.15, -0.1) is 0 Å². The van der Waals surface area contributed by atoms with Crippen LogP contribution in [-0.4, -0.2) is 39.7 Å². The normalized spacial score (nSPS) is 14.6. The molecule has 0 radical (unpaired) electrons. The van der Waals surface area contributed by atoms with Gasteiger partial charge in [-0.1, -0.05) is 12.1 Å². The largest absolute Gasteiger partial charge is 0.495 e. The number of fused-ring (bicyclic) bond motifs is 1. The molecule has 7 nitrogen and oxygen atoms in total. The molecule has 5 rings (SSSR count). The Morgan fingerprint density at radius 1 is 1.13 bits per heavy atom. The minimum absolute atomic E-state index is 0.175. The van der Waals surface area contributed by atoms with E-state index in [0.29, 0.717) is 23.0 Å². The molecule has 0 aliphatic carbocycles. The Bertz CT molecular complexity index is 1220. The lowest BCUT2D eigenvalue weighted by Crippen LogP contribution is -2.14. The summed E-state index contributed by atoms with van der Waals surface area (Å²) in [7, 11) is 1.63. The van der Waals surface area contributed by atoms with E-state index in [0.717, 1.165) is 37.9 Å². The van der Waals surface area contributed by atoms with Gasteiger partial charge in [0.15, 0.2) is 5.82 Å². The molecule has 0 saturated carbocycles. The molecule has 1 N–H and O–H groups in total. The highest BCUT2D eigenvalue weighted by Crippen LogP contribution is 2.34. The number of benzene rings is 1. The molecule has 1 saturated heterocycles. The fourth-order valence-electron chi connectivity index (χ4n) is 3.93. The van der Waals surface area contributed by atoms with Gasteiger partial charge in [0.25, 0.3) is 0 Å². The van der Waals surface area contributed by atoms with Gasteiger partial charge in [-0.3, -0.25) is 4.40 Å². The molecule has 1 aliphatic rings. The molecule has 1 aromatic carbocycles. The van der Waals surface area contributed by atoms with Crippen molar-refractivity contribution >= 4 is 17.3 Å². The number of nitrogens with zero attached hydrogens (tertiary/aromatic N) is 4. The summed E-state index contributed by atoms with van der Waals surface area (Å²) >= 11 is 0. The van der Waals surface area contributed by atoms with Crippen LogP contribution in [0.4, 0.5) is 16.0 Å². The van der Waals surface area contributed by atoms with Crippen molar-refractivity contribution in [3.8, 4) is 17.1 Å². The number of hydrogen-bond acceptors (Lipinski definition) is 6. The van der Waals surface area contributed by atoms with Gasteiger partial charge < -0.3 is 14.8 Å². The first kappa shape index (κ1) is 19.4. The molecule has 31 heavy (non-hydrogen) atoms. The molecule has 4 heterocycles. The van der Waals surface area contributed by atoms with Crippen LogP contribution >= 0.6 is 0 Å². The topological polar surface area (TPSA) is 73.6 Å². The molecular weight excluding hydrogens is 397 g/mol. The number of methoxy groups -OCH3 is 1. The highest BCUT2D eigenvalue weighted by Gasteiger charge is 2.19. The van der Waals surface area contributed by atoms with Crippen molar-refractivity contribution in [3.05, 3.63) is 66.4 Å². The maximum Gasteiger partial charge on any atom is 0.228 e. The first-order chi connectivity index (χ1) is 15.2. The SMILES string of the molecule is COc1cc(C2CCOCC2)ccc1Nc1ncc(F)c(-c2cnc3ccccn23)n1. The zero-order valence-corrected chi connectivity index (χ0v) is 17.1. The molecule has 8 heteroatoms. The summed E-state index contributed by atoms with van der Waals surface area (Å²) in [6, 6.07) is 11.7. The van der Waals surface area contributed by atoms with E-state index < -0.39 is 5.82 Å². The molecule has 4 aromatic rings. The first-order valence-electron chi connectivity index (χ1n) is 10.2. The van der Waals surface area contributed by atoms with Crippen LogP contribution in [0.15, 0.2) is 55.0 Å². The van der Waals surface area contributed by atoms with Crippen LogP contribution < -0.4 is 10.1 Å². The second-order valence-electron chi connectivity index (χ2n) is 7.43. The number of hydrogen-bond donors (Lipinski definition) is 1. The Hall–Kier alpha value is -3.52. The van der Waals surface area contributed by atoms with Crippen molar-refractivity contribution in [1.29, 1.82) is 0 Å². The maximum absolute atomic E-state index is 14.6. The van der Waals surface area contributed by atoms with Gasteiger partial charge in [0.1, 0.15) is 17.1 Å². The van der Waals surface area contributed by atoms with Gasteiger partial charge in [-0.05, 0) is 48.6 Å². The third-order valence-electron chi connectivity index (χ3n) is 5.57. The van der Waals surface area contributed by atoms with E-state index in [-0.39, 0.29) is 11.6 Å². The minimum atomic E-state index is -0.516. The lowest BCUT2D eigenvalue weighted by Gasteiger charge is -2.23. The molecule has 1 fully saturated rings. The van der Waals surface area contributed by atoms with Crippen LogP contribution in [0.5, 0.6) is 5.75 Å². The van der Waals surface area contributed by atoms with E-state index in [1.54, 1.807) is 17.7 Å². The van der Waals surface area contributed by atoms with Crippen molar-refractivity contribution in [2.45, 2.75) is 18.8 Å². The molecule has 3 aromatic heterocycles. The molecule has 158 valence electrons. The lowest BCUT2D eigenvalue weighted by atomic mass is 9.91. The Morgan fingerprint density at radius 2 is 2.00 bits per heavy atom. The van der Waals surface area contributed by atoms with Crippen molar-refractivity contribution < 1.29 is 13.9 Å². The van der Waals surface area contributed by atoms with Gasteiger partial charge in [-0.25, -0.2) is 19.3 Å². The van der Waals surface area contributed by atoms with Crippen LogP contribution in [0.2, 0.25) is 0 Å². The van der Waals surface area contributed by atoms with Crippen molar-refractivity contribution in [2.75, 3.05) is 25.6 Å². The highest BCUT2D eigenvalue weighted by atomic mass is 19.1. The number of ether oxygens (including phenoxy) is 2. The smallest absolute Gasteiger partial charge is 0.228 e. The Kier molecular flexibility index (Phi) is 5.21. The number of rotatable bonds is 5. The molecule has 1 aliphatic heterocycles. The van der Waals surface area contributed by atoms with E-state index in [1.807, 2.05) is 36.5 Å². The van der Waals surface area contributed by atoms with Crippen LogP contribution in [0.3, 0.4) is 0 Å². The third kappa shape index (κ3) is 3.82. The second-order valence-corrected chi connectivity index (χ2v) is 7.43. The zero-order chi connectivity index (χ0) is 21.2. The zero-order valence-electron chi connectivity index (χ0n) is 17.1. The quantitative estimate of drug-likeness (QED) is 0.511. The summed E-state index contributed by atoms with van der Waals surface area (Å²) in [5.74, 6) is 0.909. The summed E-state index contributed by atoms with van der Waals surface area (Å²) in [4.78, 5) is 12.8. The summed E-state index contributed by atoms with van der Waals surface area (Å²) in [6.07, 6.45) is 6.59. The summed E-state index contributed by atoms with van der Waals surface area (Å²) in [5.41, 5.74) is 3.39. The van der Waals surface area contributed by atoms with Crippen LogP contribution in [0.1, 0.15) is 24.3 Å². The minimum Gasteiger partial charge on any atom is -0.495 e. The molecule has 0 amide bonds. The summed E-state index contributed by atoms with van der Waals surface area (Å²) in [5, 5.41) is 3.16. The molecule has 0 spiro atoms. The predicted octanol–water partition coefficient (Wildman–Crippen LogP) is 4.58. The second kappa shape index (κ2) is 8.31. The Morgan fingerprint density at radius 3 is 2.84 bits per heavy atom. The first-order valence-corrected chi connectivity index (χ1v) is 10.2. The Labute approximate surface area is 178 Å². The van der Waals surface area contributed by atoms with Crippen LogP contribution in [0, 0.1) is 5.82 Å². The molecule has 0 bridgehead atoms. The van der Waals surface area contributed by atoms with E-state index in [9.17, 15) is 4.39 Å². The predicted molar refractivity (Wildman–Crippen MR) is 115 cm³/mol. The highest BCUT2D eigenvalue weighted by molar-refractivity contribution is 5.66. The maximum atomic E-state index is 14.6. The average molecular weight is 419 g/mol. The monoisotopic (exact) mass is 419 g/mol. The number of nitrogens with one attached hydrogen (secondary N) is 1. The van der Waals surface area contributed by atoms with Crippen molar-refractivity contribution in [3.63, 3.8) is 0 Å². The van der Waals surface area contributed by atoms with Gasteiger partial charge in [0.05, 0.1) is 30.9 Å². The van der Waals surface area contributed by atoms with Gasteiger partial charge >= 0.3 is 0 Å². The lowest BCUT2D eigenvalue weighted by molar-refractivity contribution is 0.0853.